The highest BCUT2D eigenvalue weighted by molar-refractivity contribution is 5.85. The van der Waals surface area contributed by atoms with Gasteiger partial charge in [0.25, 0.3) is 0 Å². The molecule has 1 aromatic rings. The van der Waals surface area contributed by atoms with E-state index in [1.165, 1.54) is 6.20 Å². The highest BCUT2D eigenvalue weighted by Crippen LogP contribution is 2.30. The summed E-state index contributed by atoms with van der Waals surface area (Å²) in [6.45, 7) is 2.51. The van der Waals surface area contributed by atoms with Crippen molar-refractivity contribution < 1.29 is 19.8 Å². The molecule has 92 valence electrons. The minimum absolute atomic E-state index is 0.0364. The first-order chi connectivity index (χ1) is 7.99. The van der Waals surface area contributed by atoms with Crippen LogP contribution in [-0.2, 0) is 4.79 Å². The Labute approximate surface area is 97.1 Å². The fourth-order valence-electron chi connectivity index (χ4n) is 2.02. The zero-order valence-corrected chi connectivity index (χ0v) is 9.25. The van der Waals surface area contributed by atoms with Crippen molar-refractivity contribution >= 4 is 17.9 Å². The van der Waals surface area contributed by atoms with E-state index >= 15 is 0 Å². The van der Waals surface area contributed by atoms with Crippen molar-refractivity contribution in [1.29, 1.82) is 0 Å². The van der Waals surface area contributed by atoms with Crippen LogP contribution in [0.25, 0.3) is 0 Å². The second-order valence-electron chi connectivity index (χ2n) is 4.19. The molecule has 2 heterocycles. The second kappa shape index (κ2) is 4.08. The Morgan fingerprint density at radius 2 is 2.29 bits per heavy atom. The molecule has 2 atom stereocenters. The van der Waals surface area contributed by atoms with Gasteiger partial charge in [0, 0.05) is 12.7 Å². The first-order valence-corrected chi connectivity index (χ1v) is 5.27. The molecule has 3 N–H and O–H groups in total. The van der Waals surface area contributed by atoms with E-state index in [9.17, 15) is 9.59 Å². The summed E-state index contributed by atoms with van der Waals surface area (Å²) in [6.07, 6.45) is 1.35. The van der Waals surface area contributed by atoms with Crippen molar-refractivity contribution in [3.63, 3.8) is 0 Å². The van der Waals surface area contributed by atoms with Gasteiger partial charge in [-0.25, -0.2) is 9.78 Å². The number of aromatic nitrogens is 2. The lowest BCUT2D eigenvalue weighted by Crippen LogP contribution is -2.31. The van der Waals surface area contributed by atoms with Crippen LogP contribution in [0.5, 0.6) is 0 Å². The summed E-state index contributed by atoms with van der Waals surface area (Å²) in [4.78, 5) is 25.5. The van der Waals surface area contributed by atoms with Crippen LogP contribution in [-0.4, -0.2) is 38.2 Å². The number of anilines is 1. The molecule has 1 aliphatic heterocycles. The number of fused-ring (bicyclic) bond motifs is 1. The number of carboxylic acid groups (broad SMARTS) is 2. The largest absolute Gasteiger partial charge is 0.481 e. The third kappa shape index (κ3) is 2.08. The van der Waals surface area contributed by atoms with Crippen LogP contribution in [0.15, 0.2) is 6.20 Å². The Balaban J connectivity index is 2.36. The van der Waals surface area contributed by atoms with Gasteiger partial charge in [-0.05, 0) is 5.92 Å². The molecule has 7 heteroatoms. The second-order valence-corrected chi connectivity index (χ2v) is 4.19. The van der Waals surface area contributed by atoms with E-state index in [1.807, 2.05) is 6.92 Å². The molecule has 1 aromatic heterocycles. The summed E-state index contributed by atoms with van der Waals surface area (Å²) >= 11 is 0. The number of hydrogen-bond acceptors (Lipinski definition) is 4. The Morgan fingerprint density at radius 1 is 1.59 bits per heavy atom. The third-order valence-electron chi connectivity index (χ3n) is 2.93. The summed E-state index contributed by atoms with van der Waals surface area (Å²) in [5, 5.41) is 20.7. The lowest BCUT2D eigenvalue weighted by atomic mass is 9.97. The highest BCUT2D eigenvalue weighted by Gasteiger charge is 2.30. The van der Waals surface area contributed by atoms with Gasteiger partial charge in [-0.1, -0.05) is 6.92 Å². The van der Waals surface area contributed by atoms with E-state index in [0.29, 0.717) is 12.5 Å². The first kappa shape index (κ1) is 11.4. The first-order valence-electron chi connectivity index (χ1n) is 5.27. The average Bonchev–Trinajstić information content (AvgIpc) is 2.66. The number of rotatable bonds is 3. The lowest BCUT2D eigenvalue weighted by molar-refractivity contribution is -0.138. The molecule has 0 saturated carbocycles. The minimum atomic E-state index is -1.12. The molecule has 0 aromatic carbocycles. The number of imidazole rings is 1. The fraction of sp³-hybridized carbons (Fsp3) is 0.500. The summed E-state index contributed by atoms with van der Waals surface area (Å²) in [5.74, 6) is -1.49. The van der Waals surface area contributed by atoms with E-state index in [4.69, 9.17) is 10.2 Å². The van der Waals surface area contributed by atoms with Crippen LogP contribution in [0.3, 0.4) is 0 Å². The van der Waals surface area contributed by atoms with Gasteiger partial charge in [0.15, 0.2) is 5.69 Å². The Hall–Kier alpha value is -2.05. The van der Waals surface area contributed by atoms with Gasteiger partial charge < -0.3 is 20.1 Å². The summed E-state index contributed by atoms with van der Waals surface area (Å²) in [7, 11) is 0. The van der Waals surface area contributed by atoms with Gasteiger partial charge >= 0.3 is 11.9 Å². The molecule has 0 spiro atoms. The van der Waals surface area contributed by atoms with Crippen molar-refractivity contribution in [1.82, 2.24) is 9.55 Å². The predicted molar refractivity (Wildman–Crippen MR) is 58.1 cm³/mol. The molecule has 7 nitrogen and oxygen atoms in total. The van der Waals surface area contributed by atoms with E-state index in [-0.39, 0.29) is 24.1 Å². The number of carboxylic acids is 2. The Bertz CT molecular complexity index is 468. The number of carbonyl (C=O) groups is 2. The van der Waals surface area contributed by atoms with Crippen molar-refractivity contribution in [2.45, 2.75) is 19.4 Å². The average molecular weight is 239 g/mol. The molecule has 1 aliphatic rings. The standard InChI is InChI=1S/C10H13N3O4/c1-5-3-11-10-12-6(9(16)17)4-13(10)7(5)2-8(14)15/h4-5,7H,2-3H2,1H3,(H,11,12)(H,14,15)(H,16,17). The van der Waals surface area contributed by atoms with Crippen LogP contribution in [0.4, 0.5) is 5.95 Å². The van der Waals surface area contributed by atoms with Crippen LogP contribution in [0, 0.1) is 5.92 Å². The summed E-state index contributed by atoms with van der Waals surface area (Å²) in [6, 6.07) is -0.260. The molecular formula is C10H13N3O4. The maximum atomic E-state index is 10.8. The topological polar surface area (TPSA) is 104 Å². The van der Waals surface area contributed by atoms with E-state index in [2.05, 4.69) is 10.3 Å². The zero-order chi connectivity index (χ0) is 12.6. The van der Waals surface area contributed by atoms with E-state index < -0.39 is 11.9 Å². The van der Waals surface area contributed by atoms with Crippen molar-refractivity contribution in [2.75, 3.05) is 11.9 Å². The molecule has 2 rings (SSSR count). The Morgan fingerprint density at radius 3 is 2.88 bits per heavy atom. The normalized spacial score (nSPS) is 22.6. The number of hydrogen-bond donors (Lipinski definition) is 3. The number of aromatic carboxylic acids is 1. The number of nitrogens with zero attached hydrogens (tertiary/aromatic N) is 2. The van der Waals surface area contributed by atoms with Crippen LogP contribution in [0.1, 0.15) is 29.9 Å². The SMILES string of the molecule is CC1CNc2nc(C(=O)O)cn2C1CC(=O)O. The molecule has 2 unspecified atom stereocenters. The fourth-order valence-corrected chi connectivity index (χ4v) is 2.02. The zero-order valence-electron chi connectivity index (χ0n) is 9.25. The van der Waals surface area contributed by atoms with E-state index in [0.717, 1.165) is 0 Å². The molecule has 0 fully saturated rings. The van der Waals surface area contributed by atoms with Gasteiger partial charge in [0.1, 0.15) is 0 Å². The smallest absolute Gasteiger partial charge is 0.356 e. The molecule has 0 aliphatic carbocycles. The van der Waals surface area contributed by atoms with Crippen molar-refractivity contribution in [3.05, 3.63) is 11.9 Å². The minimum Gasteiger partial charge on any atom is -0.481 e. The predicted octanol–water partition coefficient (Wildman–Crippen LogP) is 0.659. The molecule has 0 radical (unpaired) electrons. The quantitative estimate of drug-likeness (QED) is 0.715. The van der Waals surface area contributed by atoms with Gasteiger partial charge in [-0.2, -0.15) is 0 Å². The van der Waals surface area contributed by atoms with Gasteiger partial charge in [-0.3, -0.25) is 4.79 Å². The maximum absolute atomic E-state index is 10.8. The summed E-state index contributed by atoms with van der Waals surface area (Å²) in [5.41, 5.74) is -0.0722. The van der Waals surface area contributed by atoms with Crippen molar-refractivity contribution in [2.24, 2.45) is 5.92 Å². The van der Waals surface area contributed by atoms with Crippen LogP contribution < -0.4 is 5.32 Å². The third-order valence-corrected chi connectivity index (χ3v) is 2.93. The lowest BCUT2D eigenvalue weighted by Gasteiger charge is -2.30. The van der Waals surface area contributed by atoms with E-state index in [1.54, 1.807) is 4.57 Å². The molecule has 0 bridgehead atoms. The molecule has 0 saturated heterocycles. The summed E-state index contributed by atoms with van der Waals surface area (Å²) < 4.78 is 1.60. The highest BCUT2D eigenvalue weighted by atomic mass is 16.4. The molecular weight excluding hydrogens is 226 g/mol. The molecule has 17 heavy (non-hydrogen) atoms. The van der Waals surface area contributed by atoms with Crippen molar-refractivity contribution in [3.8, 4) is 0 Å². The maximum Gasteiger partial charge on any atom is 0.356 e. The number of nitrogens with one attached hydrogen (secondary N) is 1. The van der Waals surface area contributed by atoms with Crippen LogP contribution >= 0.6 is 0 Å². The molecule has 0 amide bonds. The monoisotopic (exact) mass is 239 g/mol. The van der Waals surface area contributed by atoms with Gasteiger partial charge in [0.2, 0.25) is 5.95 Å². The van der Waals surface area contributed by atoms with Gasteiger partial charge in [-0.15, -0.1) is 0 Å². The number of aliphatic carboxylic acids is 1. The Kier molecular flexibility index (Phi) is 2.74. The van der Waals surface area contributed by atoms with Crippen LogP contribution in [0.2, 0.25) is 0 Å². The van der Waals surface area contributed by atoms with Gasteiger partial charge in [0.05, 0.1) is 12.5 Å².